The lowest BCUT2D eigenvalue weighted by Crippen LogP contribution is -2.52. The van der Waals surface area contributed by atoms with Crippen LogP contribution in [0.25, 0.3) is 0 Å². The Labute approximate surface area is 69.0 Å². The molecule has 2 bridgehead atoms. The van der Waals surface area contributed by atoms with Gasteiger partial charge < -0.3 is 5.32 Å². The van der Waals surface area contributed by atoms with Gasteiger partial charge in [-0.15, -0.1) is 0 Å². The molecule has 0 aliphatic carbocycles. The summed E-state index contributed by atoms with van der Waals surface area (Å²) < 4.78 is 0. The standard InChI is InChI=1S/C9H18N2/c1-9(2,3)11-6-7-4-8(11)5-10-7/h7-8,10H,4-6H2,1-3H3. The maximum atomic E-state index is 3.52. The average molecular weight is 154 g/mol. The lowest BCUT2D eigenvalue weighted by atomic mass is 10.0. The van der Waals surface area contributed by atoms with Crippen molar-refractivity contribution in [2.24, 2.45) is 0 Å². The van der Waals surface area contributed by atoms with Gasteiger partial charge in [-0.2, -0.15) is 0 Å². The van der Waals surface area contributed by atoms with Gasteiger partial charge >= 0.3 is 0 Å². The second kappa shape index (κ2) is 2.20. The Morgan fingerprint density at radius 2 is 2.09 bits per heavy atom. The van der Waals surface area contributed by atoms with E-state index in [0.29, 0.717) is 5.54 Å². The summed E-state index contributed by atoms with van der Waals surface area (Å²) in [4.78, 5) is 2.63. The van der Waals surface area contributed by atoms with Crippen molar-refractivity contribution in [3.05, 3.63) is 0 Å². The minimum Gasteiger partial charge on any atom is -0.311 e. The molecule has 0 aromatic heterocycles. The van der Waals surface area contributed by atoms with Crippen LogP contribution in [0, 0.1) is 0 Å². The smallest absolute Gasteiger partial charge is 0.0241 e. The van der Waals surface area contributed by atoms with Crippen molar-refractivity contribution in [1.29, 1.82) is 0 Å². The van der Waals surface area contributed by atoms with Crippen LogP contribution < -0.4 is 5.32 Å². The van der Waals surface area contributed by atoms with Crippen molar-refractivity contribution in [2.45, 2.75) is 44.8 Å². The normalized spacial score (nSPS) is 38.5. The lowest BCUT2D eigenvalue weighted by molar-refractivity contribution is 0.106. The molecule has 2 heteroatoms. The summed E-state index contributed by atoms with van der Waals surface area (Å²) in [6, 6.07) is 1.61. The summed E-state index contributed by atoms with van der Waals surface area (Å²) in [5, 5.41) is 3.52. The maximum Gasteiger partial charge on any atom is 0.0241 e. The molecule has 2 aliphatic heterocycles. The van der Waals surface area contributed by atoms with Gasteiger partial charge in [-0.1, -0.05) is 0 Å². The van der Waals surface area contributed by atoms with Gasteiger partial charge in [-0.25, -0.2) is 0 Å². The van der Waals surface area contributed by atoms with E-state index in [1.165, 1.54) is 19.5 Å². The summed E-state index contributed by atoms with van der Waals surface area (Å²) in [6.07, 6.45) is 1.37. The predicted molar refractivity (Wildman–Crippen MR) is 46.7 cm³/mol. The quantitative estimate of drug-likeness (QED) is 0.556. The van der Waals surface area contributed by atoms with E-state index in [1.54, 1.807) is 0 Å². The first-order valence-corrected chi connectivity index (χ1v) is 4.57. The van der Waals surface area contributed by atoms with Crippen LogP contribution in [0.4, 0.5) is 0 Å². The van der Waals surface area contributed by atoms with Crippen LogP contribution in [0.15, 0.2) is 0 Å². The SMILES string of the molecule is CC(C)(C)N1CC2CC1CN2. The highest BCUT2D eigenvalue weighted by Gasteiger charge is 2.41. The van der Waals surface area contributed by atoms with E-state index in [2.05, 4.69) is 31.0 Å². The molecule has 1 N–H and O–H groups in total. The predicted octanol–water partition coefficient (Wildman–Crippen LogP) is 0.831. The van der Waals surface area contributed by atoms with Crippen molar-refractivity contribution in [3.63, 3.8) is 0 Å². The molecular weight excluding hydrogens is 136 g/mol. The molecule has 0 saturated carbocycles. The Kier molecular flexibility index (Phi) is 1.52. The molecule has 0 amide bonds. The second-order valence-electron chi connectivity index (χ2n) is 4.82. The molecule has 0 radical (unpaired) electrons. The highest BCUT2D eigenvalue weighted by Crippen LogP contribution is 2.29. The van der Waals surface area contributed by atoms with Crippen LogP contribution in [0.2, 0.25) is 0 Å². The molecule has 2 aliphatic rings. The Morgan fingerprint density at radius 3 is 2.36 bits per heavy atom. The molecule has 2 unspecified atom stereocenters. The first-order chi connectivity index (χ1) is 5.07. The third kappa shape index (κ3) is 1.18. The summed E-state index contributed by atoms with van der Waals surface area (Å²) in [5.74, 6) is 0. The molecule has 2 saturated heterocycles. The Bertz CT molecular complexity index is 159. The summed E-state index contributed by atoms with van der Waals surface area (Å²) >= 11 is 0. The van der Waals surface area contributed by atoms with Crippen LogP contribution in [0.1, 0.15) is 27.2 Å². The molecule has 0 aromatic carbocycles. The van der Waals surface area contributed by atoms with Crippen LogP contribution in [0.5, 0.6) is 0 Å². The first-order valence-electron chi connectivity index (χ1n) is 4.57. The van der Waals surface area contributed by atoms with Gasteiger partial charge in [-0.05, 0) is 27.2 Å². The van der Waals surface area contributed by atoms with Crippen LogP contribution >= 0.6 is 0 Å². The fourth-order valence-electron chi connectivity index (χ4n) is 2.38. The van der Waals surface area contributed by atoms with Crippen molar-refractivity contribution in [2.75, 3.05) is 13.1 Å². The number of likely N-dealkylation sites (tertiary alicyclic amines) is 1. The minimum atomic E-state index is 0.377. The molecule has 2 fully saturated rings. The van der Waals surface area contributed by atoms with E-state index in [1.807, 2.05) is 0 Å². The zero-order valence-corrected chi connectivity index (χ0v) is 7.72. The van der Waals surface area contributed by atoms with Crippen LogP contribution in [-0.4, -0.2) is 35.6 Å². The Hall–Kier alpha value is -0.0800. The van der Waals surface area contributed by atoms with Gasteiger partial charge in [0.15, 0.2) is 0 Å². The van der Waals surface area contributed by atoms with E-state index in [9.17, 15) is 0 Å². The van der Waals surface area contributed by atoms with Gasteiger partial charge in [0, 0.05) is 30.7 Å². The van der Waals surface area contributed by atoms with Crippen molar-refractivity contribution in [1.82, 2.24) is 10.2 Å². The highest BCUT2D eigenvalue weighted by molar-refractivity contribution is 5.01. The number of hydrogen-bond acceptors (Lipinski definition) is 2. The zero-order valence-electron chi connectivity index (χ0n) is 7.72. The zero-order chi connectivity index (χ0) is 8.06. The van der Waals surface area contributed by atoms with Gasteiger partial charge in [-0.3, -0.25) is 4.90 Å². The molecule has 0 aromatic rings. The second-order valence-corrected chi connectivity index (χ2v) is 4.82. The van der Waals surface area contributed by atoms with Crippen molar-refractivity contribution in [3.8, 4) is 0 Å². The monoisotopic (exact) mass is 154 g/mol. The molecular formula is C9H18N2. The average Bonchev–Trinajstić information content (AvgIpc) is 2.42. The van der Waals surface area contributed by atoms with Crippen LogP contribution in [-0.2, 0) is 0 Å². The highest BCUT2D eigenvalue weighted by atomic mass is 15.3. The molecule has 64 valence electrons. The number of nitrogens with zero attached hydrogens (tertiary/aromatic N) is 1. The van der Waals surface area contributed by atoms with Crippen LogP contribution in [0.3, 0.4) is 0 Å². The van der Waals surface area contributed by atoms with E-state index >= 15 is 0 Å². The minimum absolute atomic E-state index is 0.377. The maximum absolute atomic E-state index is 3.52. The van der Waals surface area contributed by atoms with E-state index < -0.39 is 0 Å². The van der Waals surface area contributed by atoms with E-state index in [-0.39, 0.29) is 0 Å². The largest absolute Gasteiger partial charge is 0.311 e. The molecule has 2 nitrogen and oxygen atoms in total. The third-order valence-electron chi connectivity index (χ3n) is 2.92. The van der Waals surface area contributed by atoms with Gasteiger partial charge in [0.1, 0.15) is 0 Å². The molecule has 2 heterocycles. The number of fused-ring (bicyclic) bond motifs is 2. The number of rotatable bonds is 0. The van der Waals surface area contributed by atoms with Gasteiger partial charge in [0.25, 0.3) is 0 Å². The molecule has 2 atom stereocenters. The van der Waals surface area contributed by atoms with Crippen molar-refractivity contribution >= 4 is 0 Å². The van der Waals surface area contributed by atoms with Gasteiger partial charge in [0.2, 0.25) is 0 Å². The fraction of sp³-hybridized carbons (Fsp3) is 1.00. The summed E-state index contributed by atoms with van der Waals surface area (Å²) in [5.41, 5.74) is 0.377. The Morgan fingerprint density at radius 1 is 1.36 bits per heavy atom. The lowest BCUT2D eigenvalue weighted by Gasteiger charge is -2.38. The fourth-order valence-corrected chi connectivity index (χ4v) is 2.38. The number of hydrogen-bond donors (Lipinski definition) is 1. The van der Waals surface area contributed by atoms with E-state index in [0.717, 1.165) is 12.1 Å². The first kappa shape index (κ1) is 7.56. The molecule has 2 rings (SSSR count). The van der Waals surface area contributed by atoms with Gasteiger partial charge in [0.05, 0.1) is 0 Å². The summed E-state index contributed by atoms with van der Waals surface area (Å²) in [7, 11) is 0. The summed E-state index contributed by atoms with van der Waals surface area (Å²) in [6.45, 7) is 9.41. The number of nitrogens with one attached hydrogen (secondary N) is 1. The Balaban J connectivity index is 2.08. The van der Waals surface area contributed by atoms with Crippen molar-refractivity contribution < 1.29 is 0 Å². The molecule has 0 spiro atoms. The van der Waals surface area contributed by atoms with E-state index in [4.69, 9.17) is 0 Å². The third-order valence-corrected chi connectivity index (χ3v) is 2.92. The topological polar surface area (TPSA) is 15.3 Å². The molecule has 11 heavy (non-hydrogen) atoms. The number of piperazine rings is 1.